The summed E-state index contributed by atoms with van der Waals surface area (Å²) in [6.45, 7) is 3.88. The molecule has 28 heavy (non-hydrogen) atoms. The number of aromatic nitrogens is 3. The molecule has 140 valence electrons. The zero-order valence-electron chi connectivity index (χ0n) is 15.5. The van der Waals surface area contributed by atoms with E-state index in [1.54, 1.807) is 0 Å². The highest BCUT2D eigenvalue weighted by molar-refractivity contribution is 7.13. The second-order valence-corrected chi connectivity index (χ2v) is 7.44. The lowest BCUT2D eigenvalue weighted by Gasteiger charge is -2.07. The predicted molar refractivity (Wildman–Crippen MR) is 112 cm³/mol. The number of benzene rings is 2. The van der Waals surface area contributed by atoms with Crippen LogP contribution in [0.1, 0.15) is 11.1 Å². The molecule has 0 saturated heterocycles. The molecule has 0 spiro atoms. The van der Waals surface area contributed by atoms with Gasteiger partial charge in [0.1, 0.15) is 22.5 Å². The quantitative estimate of drug-likeness (QED) is 0.575. The van der Waals surface area contributed by atoms with Gasteiger partial charge in [-0.05, 0) is 43.6 Å². The summed E-state index contributed by atoms with van der Waals surface area (Å²) in [6.07, 6.45) is 1.41. The van der Waals surface area contributed by atoms with Gasteiger partial charge in [-0.15, -0.1) is 0 Å². The van der Waals surface area contributed by atoms with Crippen molar-refractivity contribution in [1.82, 2.24) is 13.9 Å². The summed E-state index contributed by atoms with van der Waals surface area (Å²) in [7, 11) is 0. The van der Waals surface area contributed by atoms with Crippen LogP contribution in [0.25, 0.3) is 21.5 Å². The molecule has 0 unspecified atom stereocenters. The highest BCUT2D eigenvalue weighted by atomic mass is 32.1. The van der Waals surface area contributed by atoms with Gasteiger partial charge in [-0.2, -0.15) is 4.37 Å². The fourth-order valence-corrected chi connectivity index (χ4v) is 3.75. The van der Waals surface area contributed by atoms with Crippen LogP contribution >= 0.6 is 11.5 Å². The van der Waals surface area contributed by atoms with Gasteiger partial charge in [-0.3, -0.25) is 14.2 Å². The number of anilines is 1. The first kappa shape index (κ1) is 18.1. The molecule has 1 N–H and O–H groups in total. The first-order chi connectivity index (χ1) is 13.5. The molecule has 2 aromatic carbocycles. The van der Waals surface area contributed by atoms with Crippen LogP contribution in [0.4, 0.5) is 5.69 Å². The van der Waals surface area contributed by atoms with Gasteiger partial charge in [0.15, 0.2) is 0 Å². The minimum absolute atomic E-state index is 0.104. The van der Waals surface area contributed by atoms with Crippen LogP contribution in [0, 0.1) is 13.8 Å². The third kappa shape index (κ3) is 3.57. The molecule has 0 aliphatic heterocycles. The summed E-state index contributed by atoms with van der Waals surface area (Å²) in [5, 5.41) is 2.79. The number of rotatable bonds is 4. The van der Waals surface area contributed by atoms with E-state index in [-0.39, 0.29) is 18.0 Å². The van der Waals surface area contributed by atoms with Crippen LogP contribution in [0.15, 0.2) is 59.7 Å². The predicted octanol–water partition coefficient (Wildman–Crippen LogP) is 3.78. The largest absolute Gasteiger partial charge is 0.325 e. The van der Waals surface area contributed by atoms with Crippen LogP contribution in [0.2, 0.25) is 0 Å². The minimum Gasteiger partial charge on any atom is -0.325 e. The normalized spacial score (nSPS) is 10.9. The molecule has 4 aromatic rings. The summed E-state index contributed by atoms with van der Waals surface area (Å²) in [5.41, 5.74) is 4.83. The Kier molecular flexibility index (Phi) is 4.75. The topological polar surface area (TPSA) is 76.9 Å². The molecule has 0 aliphatic carbocycles. The van der Waals surface area contributed by atoms with Crippen molar-refractivity contribution >= 4 is 33.3 Å². The van der Waals surface area contributed by atoms with Crippen LogP contribution in [0.5, 0.6) is 0 Å². The maximum atomic E-state index is 12.8. The third-order valence-electron chi connectivity index (χ3n) is 4.39. The molecular formula is C21H18N4O2S. The lowest BCUT2D eigenvalue weighted by Crippen LogP contribution is -2.27. The van der Waals surface area contributed by atoms with E-state index >= 15 is 0 Å². The molecule has 2 aromatic heterocycles. The first-order valence-electron chi connectivity index (χ1n) is 8.79. The molecule has 0 fully saturated rings. The van der Waals surface area contributed by atoms with Gasteiger partial charge in [0.05, 0.1) is 6.33 Å². The molecule has 0 aliphatic rings. The van der Waals surface area contributed by atoms with Gasteiger partial charge < -0.3 is 5.32 Å². The molecule has 4 rings (SSSR count). The molecule has 6 nitrogen and oxygen atoms in total. The number of hydrogen-bond donors (Lipinski definition) is 1. The second-order valence-electron chi connectivity index (χ2n) is 6.67. The van der Waals surface area contributed by atoms with E-state index in [0.717, 1.165) is 28.2 Å². The molecule has 7 heteroatoms. The Morgan fingerprint density at radius 3 is 2.64 bits per heavy atom. The van der Waals surface area contributed by atoms with E-state index < -0.39 is 0 Å². The standard InChI is InChI=1S/C21H18N4O2S/c1-13-6-8-16(9-7-13)23-17(26)11-25-12-22-19-18(24-28-20(19)21(25)27)15-5-3-4-14(2)10-15/h3-10,12H,11H2,1-2H3,(H,23,26). The van der Waals surface area contributed by atoms with Crippen molar-refractivity contribution in [2.45, 2.75) is 20.4 Å². The van der Waals surface area contributed by atoms with Crippen LogP contribution in [-0.2, 0) is 11.3 Å². The zero-order valence-corrected chi connectivity index (χ0v) is 16.3. The number of fused-ring (bicyclic) bond motifs is 1. The summed E-state index contributed by atoms with van der Waals surface area (Å²) in [6, 6.07) is 15.4. The monoisotopic (exact) mass is 390 g/mol. The van der Waals surface area contributed by atoms with E-state index in [0.29, 0.717) is 21.6 Å². The van der Waals surface area contributed by atoms with E-state index in [2.05, 4.69) is 14.7 Å². The Morgan fingerprint density at radius 2 is 1.89 bits per heavy atom. The first-order valence-corrected chi connectivity index (χ1v) is 9.57. The number of nitrogens with one attached hydrogen (secondary N) is 1. The lowest BCUT2D eigenvalue weighted by molar-refractivity contribution is -0.116. The van der Waals surface area contributed by atoms with Gasteiger partial charge in [0.2, 0.25) is 5.91 Å². The van der Waals surface area contributed by atoms with E-state index in [1.807, 2.05) is 62.4 Å². The van der Waals surface area contributed by atoms with Gasteiger partial charge in [-0.25, -0.2) is 4.98 Å². The number of carbonyl (C=O) groups excluding carboxylic acids is 1. The number of aryl methyl sites for hydroxylation is 2. The Bertz CT molecular complexity index is 1230. The smallest absolute Gasteiger partial charge is 0.273 e. The minimum atomic E-state index is -0.282. The molecule has 0 radical (unpaired) electrons. The summed E-state index contributed by atoms with van der Waals surface area (Å²) >= 11 is 1.11. The average molecular weight is 390 g/mol. The Labute approximate surface area is 165 Å². The van der Waals surface area contributed by atoms with Crippen molar-refractivity contribution in [3.8, 4) is 11.3 Å². The van der Waals surface area contributed by atoms with Crippen molar-refractivity contribution in [3.05, 3.63) is 76.3 Å². The average Bonchev–Trinajstić information content (AvgIpc) is 3.11. The molecule has 0 bridgehead atoms. The van der Waals surface area contributed by atoms with Crippen LogP contribution < -0.4 is 10.9 Å². The summed E-state index contributed by atoms with van der Waals surface area (Å²) < 4.78 is 6.19. The highest BCUT2D eigenvalue weighted by Gasteiger charge is 2.15. The Balaban J connectivity index is 1.61. The Hall–Kier alpha value is -3.32. The molecule has 2 heterocycles. The van der Waals surface area contributed by atoms with Crippen LogP contribution in [0.3, 0.4) is 0 Å². The number of amides is 1. The fraction of sp³-hybridized carbons (Fsp3) is 0.143. The van der Waals surface area contributed by atoms with Gasteiger partial charge in [0.25, 0.3) is 5.56 Å². The molecular weight excluding hydrogens is 372 g/mol. The van der Waals surface area contributed by atoms with Gasteiger partial charge in [-0.1, -0.05) is 41.5 Å². The lowest BCUT2D eigenvalue weighted by atomic mass is 10.1. The second kappa shape index (κ2) is 7.36. The zero-order chi connectivity index (χ0) is 19.7. The Morgan fingerprint density at radius 1 is 1.11 bits per heavy atom. The maximum absolute atomic E-state index is 12.8. The van der Waals surface area contributed by atoms with Crippen LogP contribution in [-0.4, -0.2) is 19.8 Å². The molecule has 1 amide bonds. The third-order valence-corrected chi connectivity index (χ3v) is 5.21. The van der Waals surface area contributed by atoms with Crippen molar-refractivity contribution < 1.29 is 4.79 Å². The number of nitrogens with zero attached hydrogens (tertiary/aromatic N) is 3. The van der Waals surface area contributed by atoms with E-state index in [9.17, 15) is 9.59 Å². The van der Waals surface area contributed by atoms with E-state index in [1.165, 1.54) is 10.9 Å². The van der Waals surface area contributed by atoms with Gasteiger partial charge >= 0.3 is 0 Å². The molecule has 0 atom stereocenters. The number of carbonyl (C=O) groups is 1. The van der Waals surface area contributed by atoms with Crippen molar-refractivity contribution in [2.24, 2.45) is 0 Å². The fourth-order valence-electron chi connectivity index (χ4n) is 2.94. The van der Waals surface area contributed by atoms with Crippen molar-refractivity contribution in [2.75, 3.05) is 5.32 Å². The van der Waals surface area contributed by atoms with E-state index in [4.69, 9.17) is 0 Å². The van der Waals surface area contributed by atoms with Crippen molar-refractivity contribution in [3.63, 3.8) is 0 Å². The SMILES string of the molecule is Cc1ccc(NC(=O)Cn2cnc3c(-c4cccc(C)c4)nsc3c2=O)cc1. The maximum Gasteiger partial charge on any atom is 0.273 e. The molecule has 0 saturated carbocycles. The van der Waals surface area contributed by atoms with Crippen molar-refractivity contribution in [1.29, 1.82) is 0 Å². The summed E-state index contributed by atoms with van der Waals surface area (Å²) in [5.74, 6) is -0.282. The number of hydrogen-bond acceptors (Lipinski definition) is 5. The summed E-state index contributed by atoms with van der Waals surface area (Å²) in [4.78, 5) is 29.5. The highest BCUT2D eigenvalue weighted by Crippen LogP contribution is 2.27. The van der Waals surface area contributed by atoms with Gasteiger partial charge in [0, 0.05) is 11.3 Å².